The van der Waals surface area contributed by atoms with Crippen LogP contribution in [0.5, 0.6) is 0 Å². The predicted molar refractivity (Wildman–Crippen MR) is 82.7 cm³/mol. The summed E-state index contributed by atoms with van der Waals surface area (Å²) >= 11 is 5.78. The van der Waals surface area contributed by atoms with Crippen molar-refractivity contribution in [1.82, 2.24) is 0 Å². The van der Waals surface area contributed by atoms with Crippen LogP contribution < -0.4 is 0 Å². The molecule has 1 aromatic carbocycles. The van der Waals surface area contributed by atoms with E-state index < -0.39 is 0 Å². The van der Waals surface area contributed by atoms with E-state index in [1.165, 1.54) is 18.4 Å². The lowest BCUT2D eigenvalue weighted by atomic mass is 9.53. The topological polar surface area (TPSA) is 17.1 Å². The van der Waals surface area contributed by atoms with Crippen molar-refractivity contribution in [3.8, 4) is 0 Å². The second kappa shape index (κ2) is 4.59. The maximum Gasteiger partial charge on any atom is 0.222 e. The van der Waals surface area contributed by atoms with Gasteiger partial charge in [0.15, 0.2) is 0 Å². The van der Waals surface area contributed by atoms with Crippen LogP contribution in [0.1, 0.15) is 51.5 Å². The molecular formula is C18H23ClO. The molecule has 1 nitrogen and oxygen atoms in total. The number of hydrogen-bond donors (Lipinski definition) is 0. The molecule has 0 spiro atoms. The molecule has 3 atom stereocenters. The summed E-state index contributed by atoms with van der Waals surface area (Å²) in [5.74, 6) is 0. The van der Waals surface area contributed by atoms with Gasteiger partial charge in [-0.25, -0.2) is 0 Å². The number of benzene rings is 1. The minimum Gasteiger partial charge on any atom is -0.281 e. The van der Waals surface area contributed by atoms with Gasteiger partial charge in [-0.2, -0.15) is 0 Å². The van der Waals surface area contributed by atoms with Crippen LogP contribution in [0.3, 0.4) is 0 Å². The fraction of sp³-hybridized carbons (Fsp3) is 0.611. The molecule has 20 heavy (non-hydrogen) atoms. The molecule has 2 aliphatic rings. The Hall–Kier alpha value is -0.820. The van der Waals surface area contributed by atoms with Gasteiger partial charge in [-0.05, 0) is 65.5 Å². The molecule has 0 aromatic heterocycles. The van der Waals surface area contributed by atoms with Crippen LogP contribution in [0, 0.1) is 16.2 Å². The number of hydrogen-bond acceptors (Lipinski definition) is 1. The zero-order valence-electron chi connectivity index (χ0n) is 12.4. The highest BCUT2D eigenvalue weighted by atomic mass is 35.5. The molecule has 0 bridgehead atoms. The van der Waals surface area contributed by atoms with Gasteiger partial charge in [-0.15, -0.1) is 0 Å². The van der Waals surface area contributed by atoms with Gasteiger partial charge in [0.25, 0.3) is 0 Å². The Morgan fingerprint density at radius 2 is 1.65 bits per heavy atom. The van der Waals surface area contributed by atoms with E-state index in [-0.39, 0.29) is 10.7 Å². The number of rotatable bonds is 4. The predicted octanol–water partition coefficient (Wildman–Crippen LogP) is 4.97. The maximum atomic E-state index is 11.6. The van der Waals surface area contributed by atoms with Gasteiger partial charge in [-0.3, -0.25) is 4.79 Å². The summed E-state index contributed by atoms with van der Waals surface area (Å²) in [4.78, 5) is 11.6. The van der Waals surface area contributed by atoms with Gasteiger partial charge >= 0.3 is 0 Å². The van der Waals surface area contributed by atoms with E-state index in [1.807, 2.05) is 6.07 Å². The molecule has 2 aliphatic carbocycles. The normalized spacial score (nSPS) is 39.1. The number of halogens is 1. The Morgan fingerprint density at radius 1 is 1.10 bits per heavy atom. The molecule has 2 saturated carbocycles. The molecule has 0 unspecified atom stereocenters. The lowest BCUT2D eigenvalue weighted by Crippen LogP contribution is -2.42. The van der Waals surface area contributed by atoms with E-state index in [0.29, 0.717) is 17.3 Å². The van der Waals surface area contributed by atoms with Crippen LogP contribution >= 0.6 is 11.6 Å². The minimum absolute atomic E-state index is 0.0696. The molecule has 3 rings (SSSR count). The SMILES string of the molecule is C[C@@]12CC[C@]1(C)C[C@@](CC(=O)Cl)(Cc1ccccc1)C2. The Labute approximate surface area is 126 Å². The van der Waals surface area contributed by atoms with E-state index in [1.54, 1.807) is 0 Å². The Kier molecular flexibility index (Phi) is 3.25. The van der Waals surface area contributed by atoms with E-state index in [0.717, 1.165) is 19.3 Å². The number of fused-ring (bicyclic) bond motifs is 1. The van der Waals surface area contributed by atoms with Gasteiger partial charge in [-0.1, -0.05) is 44.2 Å². The molecule has 0 radical (unpaired) electrons. The molecule has 108 valence electrons. The molecule has 0 heterocycles. The van der Waals surface area contributed by atoms with Crippen LogP contribution in [0.15, 0.2) is 30.3 Å². The lowest BCUT2D eigenvalue weighted by Gasteiger charge is -2.52. The van der Waals surface area contributed by atoms with Gasteiger partial charge in [0.1, 0.15) is 0 Å². The summed E-state index contributed by atoms with van der Waals surface area (Å²) in [6.07, 6.45) is 6.40. The molecule has 0 amide bonds. The van der Waals surface area contributed by atoms with Crippen molar-refractivity contribution in [2.24, 2.45) is 16.2 Å². The Morgan fingerprint density at radius 3 is 2.10 bits per heavy atom. The summed E-state index contributed by atoms with van der Waals surface area (Å²) in [5.41, 5.74) is 2.22. The number of carbonyl (C=O) groups excluding carboxylic acids is 1. The van der Waals surface area contributed by atoms with Crippen LogP contribution in [0.2, 0.25) is 0 Å². The van der Waals surface area contributed by atoms with Gasteiger partial charge in [0, 0.05) is 6.42 Å². The number of carbonyl (C=O) groups is 1. The summed E-state index contributed by atoms with van der Waals surface area (Å²) in [6, 6.07) is 10.6. The third-order valence-corrected chi connectivity index (χ3v) is 6.29. The first-order valence-electron chi connectivity index (χ1n) is 7.59. The fourth-order valence-electron chi connectivity index (χ4n) is 4.94. The molecule has 2 fully saturated rings. The van der Waals surface area contributed by atoms with E-state index in [9.17, 15) is 4.79 Å². The monoisotopic (exact) mass is 290 g/mol. The highest BCUT2D eigenvalue weighted by molar-refractivity contribution is 6.63. The molecule has 0 N–H and O–H groups in total. The van der Waals surface area contributed by atoms with Crippen molar-refractivity contribution >= 4 is 16.8 Å². The zero-order valence-corrected chi connectivity index (χ0v) is 13.2. The molecule has 0 aliphatic heterocycles. The van der Waals surface area contributed by atoms with Gasteiger partial charge < -0.3 is 0 Å². The van der Waals surface area contributed by atoms with Crippen LogP contribution in [-0.2, 0) is 11.2 Å². The quantitative estimate of drug-likeness (QED) is 0.715. The summed E-state index contributed by atoms with van der Waals surface area (Å²) in [5, 5.41) is -0.172. The third-order valence-electron chi connectivity index (χ3n) is 6.15. The van der Waals surface area contributed by atoms with Crippen molar-refractivity contribution in [2.75, 3.05) is 0 Å². The second-order valence-electron chi connectivity index (χ2n) is 7.67. The standard InChI is InChI=1S/C18H23ClO/c1-16-8-9-17(16,2)13-18(12-16,11-15(19)20)10-14-6-4-3-5-7-14/h3-7H,8-13H2,1-2H3/t16-,17+,18+. The summed E-state index contributed by atoms with van der Waals surface area (Å²) in [7, 11) is 0. The average molecular weight is 291 g/mol. The van der Waals surface area contributed by atoms with Gasteiger partial charge in [0.2, 0.25) is 5.24 Å². The van der Waals surface area contributed by atoms with Crippen LogP contribution in [-0.4, -0.2) is 5.24 Å². The van der Waals surface area contributed by atoms with Crippen molar-refractivity contribution in [3.63, 3.8) is 0 Å². The largest absolute Gasteiger partial charge is 0.281 e. The summed E-state index contributed by atoms with van der Waals surface area (Å²) < 4.78 is 0. The van der Waals surface area contributed by atoms with Crippen molar-refractivity contribution in [3.05, 3.63) is 35.9 Å². The minimum atomic E-state index is -0.172. The molecule has 0 saturated heterocycles. The van der Waals surface area contributed by atoms with Gasteiger partial charge in [0.05, 0.1) is 0 Å². The Balaban J connectivity index is 1.89. The highest BCUT2D eigenvalue weighted by Crippen LogP contribution is 2.72. The molecule has 1 aromatic rings. The smallest absolute Gasteiger partial charge is 0.222 e. The highest BCUT2D eigenvalue weighted by Gasteiger charge is 2.63. The fourth-order valence-corrected chi connectivity index (χ4v) is 5.22. The van der Waals surface area contributed by atoms with Crippen LogP contribution in [0.25, 0.3) is 0 Å². The van der Waals surface area contributed by atoms with E-state index in [2.05, 4.69) is 38.1 Å². The first-order valence-corrected chi connectivity index (χ1v) is 7.97. The first-order chi connectivity index (χ1) is 9.37. The second-order valence-corrected chi connectivity index (χ2v) is 8.09. The molecule has 2 heteroatoms. The molecular weight excluding hydrogens is 268 g/mol. The van der Waals surface area contributed by atoms with E-state index >= 15 is 0 Å². The van der Waals surface area contributed by atoms with Crippen molar-refractivity contribution in [2.45, 2.75) is 52.4 Å². The van der Waals surface area contributed by atoms with E-state index in [4.69, 9.17) is 11.6 Å². The first kappa shape index (κ1) is 14.1. The zero-order chi connectivity index (χ0) is 14.4. The average Bonchev–Trinajstić information content (AvgIpc) is 2.49. The van der Waals surface area contributed by atoms with Crippen molar-refractivity contribution in [1.29, 1.82) is 0 Å². The third kappa shape index (κ3) is 2.20. The lowest BCUT2D eigenvalue weighted by molar-refractivity contribution is -0.113. The van der Waals surface area contributed by atoms with Crippen molar-refractivity contribution < 1.29 is 4.79 Å². The van der Waals surface area contributed by atoms with Crippen LogP contribution in [0.4, 0.5) is 0 Å². The Bertz CT molecular complexity index is 505. The maximum absolute atomic E-state index is 11.6. The summed E-state index contributed by atoms with van der Waals surface area (Å²) in [6.45, 7) is 4.81.